The Balaban J connectivity index is 3.15. The zero-order valence-electron chi connectivity index (χ0n) is 10.3. The van der Waals surface area contributed by atoms with Crippen LogP contribution >= 0.6 is 0 Å². The first kappa shape index (κ1) is 15.0. The highest BCUT2D eigenvalue weighted by atomic mass is 17.2. The Hall–Kier alpha value is -1.03. The highest BCUT2D eigenvalue weighted by Gasteiger charge is 2.00. The van der Waals surface area contributed by atoms with Crippen LogP contribution < -0.4 is 0 Å². The number of ether oxygens (including phenoxy) is 1. The lowest BCUT2D eigenvalue weighted by Crippen LogP contribution is -1.99. The van der Waals surface area contributed by atoms with Gasteiger partial charge in [-0.05, 0) is 12.8 Å². The number of carbonyl (C=O) groups excluding carboxylic acids is 1. The second kappa shape index (κ2) is 10.5. The molecular weight excluding hydrogens is 208 g/mol. The first-order chi connectivity index (χ1) is 7.70. The van der Waals surface area contributed by atoms with Gasteiger partial charge in [0.1, 0.15) is 5.76 Å². The molecule has 0 aromatic carbocycles. The van der Waals surface area contributed by atoms with Gasteiger partial charge in [-0.2, -0.15) is 4.89 Å². The molecule has 0 spiro atoms. The predicted octanol–water partition coefficient (Wildman–Crippen LogP) is 2.98. The van der Waals surface area contributed by atoms with Crippen molar-refractivity contribution in [2.45, 2.75) is 44.9 Å². The zero-order valence-corrected chi connectivity index (χ0v) is 10.3. The van der Waals surface area contributed by atoms with Crippen molar-refractivity contribution in [1.82, 2.24) is 0 Å². The number of rotatable bonds is 10. The fourth-order valence-corrected chi connectivity index (χ4v) is 1.38. The third-order valence-electron chi connectivity index (χ3n) is 2.27. The van der Waals surface area contributed by atoms with Gasteiger partial charge in [-0.1, -0.05) is 25.8 Å². The minimum Gasteiger partial charge on any atom is -0.469 e. The van der Waals surface area contributed by atoms with E-state index in [1.165, 1.54) is 14.2 Å². The van der Waals surface area contributed by atoms with Gasteiger partial charge in [0.25, 0.3) is 0 Å². The zero-order chi connectivity index (χ0) is 12.2. The largest absolute Gasteiger partial charge is 0.469 e. The molecule has 0 saturated heterocycles. The van der Waals surface area contributed by atoms with Crippen LogP contribution in [0.5, 0.6) is 0 Å². The maximum atomic E-state index is 10.8. The minimum absolute atomic E-state index is 0.123. The van der Waals surface area contributed by atoms with Crippen molar-refractivity contribution in [2.75, 3.05) is 14.2 Å². The molecule has 0 aromatic heterocycles. The second-order valence-electron chi connectivity index (χ2n) is 3.63. The number of unbranched alkanes of at least 4 members (excludes halogenated alkanes) is 4. The fourth-order valence-electron chi connectivity index (χ4n) is 1.38. The third kappa shape index (κ3) is 9.52. The Labute approximate surface area is 97.5 Å². The molecule has 0 bridgehead atoms. The highest BCUT2D eigenvalue weighted by Crippen LogP contribution is 2.11. The van der Waals surface area contributed by atoms with Crippen molar-refractivity contribution in [3.05, 3.63) is 12.3 Å². The van der Waals surface area contributed by atoms with Crippen LogP contribution in [-0.4, -0.2) is 20.2 Å². The molecule has 0 unspecified atom stereocenters. The van der Waals surface area contributed by atoms with E-state index < -0.39 is 0 Å². The Bertz CT molecular complexity index is 201. The molecule has 0 rings (SSSR count). The van der Waals surface area contributed by atoms with Crippen molar-refractivity contribution in [1.29, 1.82) is 0 Å². The minimum atomic E-state index is -0.123. The molecule has 0 fully saturated rings. The third-order valence-corrected chi connectivity index (χ3v) is 2.27. The molecule has 4 nitrogen and oxygen atoms in total. The van der Waals surface area contributed by atoms with Gasteiger partial charge in [-0.3, -0.25) is 4.79 Å². The van der Waals surface area contributed by atoms with Crippen LogP contribution in [0.3, 0.4) is 0 Å². The summed E-state index contributed by atoms with van der Waals surface area (Å²) in [6.07, 6.45) is 6.60. The topological polar surface area (TPSA) is 44.8 Å². The Morgan fingerprint density at radius 1 is 1.00 bits per heavy atom. The maximum absolute atomic E-state index is 10.8. The van der Waals surface area contributed by atoms with Gasteiger partial charge in [0, 0.05) is 12.8 Å². The van der Waals surface area contributed by atoms with Gasteiger partial charge < -0.3 is 9.62 Å². The molecule has 0 aliphatic heterocycles. The maximum Gasteiger partial charge on any atom is 0.305 e. The predicted molar refractivity (Wildman–Crippen MR) is 61.6 cm³/mol. The van der Waals surface area contributed by atoms with E-state index in [1.54, 1.807) is 0 Å². The van der Waals surface area contributed by atoms with E-state index in [1.807, 2.05) is 0 Å². The summed E-state index contributed by atoms with van der Waals surface area (Å²) in [6, 6.07) is 0. The molecule has 0 saturated carbocycles. The van der Waals surface area contributed by atoms with Crippen molar-refractivity contribution >= 4 is 5.97 Å². The first-order valence-electron chi connectivity index (χ1n) is 5.66. The highest BCUT2D eigenvalue weighted by molar-refractivity contribution is 5.68. The molecule has 16 heavy (non-hydrogen) atoms. The molecule has 0 radical (unpaired) electrons. The van der Waals surface area contributed by atoms with Crippen LogP contribution in [0.15, 0.2) is 12.3 Å². The molecule has 0 N–H and O–H groups in total. The second-order valence-corrected chi connectivity index (χ2v) is 3.63. The van der Waals surface area contributed by atoms with Gasteiger partial charge in [-0.25, -0.2) is 0 Å². The number of allylic oxidation sites excluding steroid dienone is 1. The number of esters is 1. The lowest BCUT2D eigenvalue weighted by atomic mass is 10.1. The van der Waals surface area contributed by atoms with E-state index >= 15 is 0 Å². The lowest BCUT2D eigenvalue weighted by Gasteiger charge is -2.04. The van der Waals surface area contributed by atoms with Crippen molar-refractivity contribution in [2.24, 2.45) is 0 Å². The summed E-state index contributed by atoms with van der Waals surface area (Å²) < 4.78 is 4.56. The molecule has 0 heterocycles. The summed E-state index contributed by atoms with van der Waals surface area (Å²) in [7, 11) is 2.89. The number of carbonyl (C=O) groups is 1. The molecule has 0 amide bonds. The van der Waals surface area contributed by atoms with Crippen LogP contribution in [-0.2, 0) is 19.3 Å². The van der Waals surface area contributed by atoms with Crippen LogP contribution in [0.2, 0.25) is 0 Å². The molecule has 94 valence electrons. The molecule has 0 atom stereocenters. The summed E-state index contributed by atoms with van der Waals surface area (Å²) in [6.45, 7) is 3.70. The fraction of sp³-hybridized carbons (Fsp3) is 0.750. The summed E-state index contributed by atoms with van der Waals surface area (Å²) in [5.74, 6) is 0.541. The molecule has 0 aliphatic rings. The summed E-state index contributed by atoms with van der Waals surface area (Å²) in [4.78, 5) is 20.0. The standard InChI is InChI=1S/C12H22O4/c1-11(16-15-3)9-7-5-4-6-8-10-12(13)14-2/h1,4-10H2,2-3H3. The first-order valence-corrected chi connectivity index (χ1v) is 5.66. The van der Waals surface area contributed by atoms with E-state index in [4.69, 9.17) is 4.89 Å². The number of methoxy groups -OCH3 is 1. The summed E-state index contributed by atoms with van der Waals surface area (Å²) in [5, 5.41) is 0. The molecule has 0 aromatic rings. The normalized spacial score (nSPS) is 9.88. The van der Waals surface area contributed by atoms with Crippen molar-refractivity contribution in [3.8, 4) is 0 Å². The summed E-state index contributed by atoms with van der Waals surface area (Å²) in [5.41, 5.74) is 0. The Kier molecular flexibility index (Phi) is 9.81. The monoisotopic (exact) mass is 230 g/mol. The van der Waals surface area contributed by atoms with Crippen molar-refractivity contribution in [3.63, 3.8) is 0 Å². The molecule has 0 aliphatic carbocycles. The molecular formula is C12H22O4. The van der Waals surface area contributed by atoms with Gasteiger partial charge in [0.2, 0.25) is 0 Å². The van der Waals surface area contributed by atoms with Gasteiger partial charge in [0.15, 0.2) is 0 Å². The van der Waals surface area contributed by atoms with Crippen LogP contribution in [0.25, 0.3) is 0 Å². The lowest BCUT2D eigenvalue weighted by molar-refractivity contribution is -0.239. The smallest absolute Gasteiger partial charge is 0.305 e. The van der Waals surface area contributed by atoms with E-state index in [9.17, 15) is 4.79 Å². The van der Waals surface area contributed by atoms with Gasteiger partial charge in [0.05, 0.1) is 14.2 Å². The SMILES string of the molecule is C=C(CCCCCCCC(=O)OC)OOC. The molecule has 4 heteroatoms. The summed E-state index contributed by atoms with van der Waals surface area (Å²) >= 11 is 0. The average molecular weight is 230 g/mol. The number of hydrogen-bond donors (Lipinski definition) is 0. The van der Waals surface area contributed by atoms with E-state index in [-0.39, 0.29) is 5.97 Å². The van der Waals surface area contributed by atoms with Crippen LogP contribution in [0.1, 0.15) is 44.9 Å². The van der Waals surface area contributed by atoms with E-state index in [2.05, 4.69) is 16.2 Å². The van der Waals surface area contributed by atoms with E-state index in [0.29, 0.717) is 12.2 Å². The van der Waals surface area contributed by atoms with Crippen molar-refractivity contribution < 1.29 is 19.3 Å². The Morgan fingerprint density at radius 3 is 2.12 bits per heavy atom. The number of hydrogen-bond acceptors (Lipinski definition) is 4. The van der Waals surface area contributed by atoms with Gasteiger partial charge >= 0.3 is 5.97 Å². The van der Waals surface area contributed by atoms with Crippen LogP contribution in [0, 0.1) is 0 Å². The van der Waals surface area contributed by atoms with Gasteiger partial charge in [-0.15, -0.1) is 0 Å². The quantitative estimate of drug-likeness (QED) is 0.190. The van der Waals surface area contributed by atoms with E-state index in [0.717, 1.165) is 38.5 Å². The average Bonchev–Trinajstić information content (AvgIpc) is 2.27. The Morgan fingerprint density at radius 2 is 1.56 bits per heavy atom. The van der Waals surface area contributed by atoms with Crippen LogP contribution in [0.4, 0.5) is 0 Å².